The van der Waals surface area contributed by atoms with Crippen LogP contribution in [0.3, 0.4) is 0 Å². The van der Waals surface area contributed by atoms with Crippen LogP contribution in [-0.2, 0) is 4.79 Å². The molecule has 1 aliphatic heterocycles. The van der Waals surface area contributed by atoms with Crippen molar-refractivity contribution in [3.63, 3.8) is 0 Å². The van der Waals surface area contributed by atoms with E-state index in [1.807, 2.05) is 0 Å². The van der Waals surface area contributed by atoms with Crippen LogP contribution in [0.15, 0.2) is 0 Å². The molecule has 0 aromatic rings. The van der Waals surface area contributed by atoms with E-state index in [1.165, 1.54) is 25.9 Å². The molecule has 0 aromatic heterocycles. The second-order valence-electron chi connectivity index (χ2n) is 2.81. The lowest BCUT2D eigenvalue weighted by Crippen LogP contribution is -2.28. The van der Waals surface area contributed by atoms with E-state index >= 15 is 0 Å². The first kappa shape index (κ1) is 11.4. The SMILES string of the molecule is C1CCNC1.CCC(N)C(=O)O. The van der Waals surface area contributed by atoms with Gasteiger partial charge in [0.05, 0.1) is 0 Å². The van der Waals surface area contributed by atoms with Crippen LogP contribution in [0.1, 0.15) is 26.2 Å². The standard InChI is InChI=1S/C4H9NO2.C4H9N/c1-2-3(5)4(6)7;1-2-4-5-3-1/h3H,2,5H2,1H3,(H,6,7);5H,1-4H2. The molecule has 0 aromatic carbocycles. The first-order valence-electron chi connectivity index (χ1n) is 4.37. The van der Waals surface area contributed by atoms with Crippen LogP contribution in [0, 0.1) is 0 Å². The molecule has 0 radical (unpaired) electrons. The lowest BCUT2D eigenvalue weighted by molar-refractivity contribution is -0.138. The number of nitrogens with two attached hydrogens (primary N) is 1. The van der Waals surface area contributed by atoms with Crippen molar-refractivity contribution in [1.82, 2.24) is 5.32 Å². The average Bonchev–Trinajstić information content (AvgIpc) is 2.59. The van der Waals surface area contributed by atoms with Crippen LogP contribution in [0.2, 0.25) is 0 Å². The van der Waals surface area contributed by atoms with Gasteiger partial charge < -0.3 is 16.2 Å². The summed E-state index contributed by atoms with van der Waals surface area (Å²) >= 11 is 0. The van der Waals surface area contributed by atoms with E-state index in [0.717, 1.165) is 0 Å². The first-order chi connectivity index (χ1) is 5.68. The third-order valence-corrected chi connectivity index (χ3v) is 1.71. The minimum absolute atomic E-state index is 0.495. The Labute approximate surface area is 73.1 Å². The molecule has 0 spiro atoms. The number of hydrogen-bond donors (Lipinski definition) is 3. The van der Waals surface area contributed by atoms with Crippen molar-refractivity contribution in [2.45, 2.75) is 32.2 Å². The molecule has 4 heteroatoms. The van der Waals surface area contributed by atoms with Crippen molar-refractivity contribution >= 4 is 5.97 Å². The van der Waals surface area contributed by atoms with Gasteiger partial charge in [0.1, 0.15) is 6.04 Å². The Morgan fingerprint density at radius 2 is 2.08 bits per heavy atom. The van der Waals surface area contributed by atoms with Gasteiger partial charge in [0, 0.05) is 0 Å². The van der Waals surface area contributed by atoms with E-state index in [0.29, 0.717) is 6.42 Å². The maximum atomic E-state index is 9.81. The van der Waals surface area contributed by atoms with E-state index in [-0.39, 0.29) is 0 Å². The summed E-state index contributed by atoms with van der Waals surface area (Å²) in [4.78, 5) is 9.81. The van der Waals surface area contributed by atoms with E-state index in [9.17, 15) is 4.79 Å². The van der Waals surface area contributed by atoms with Crippen LogP contribution in [0.25, 0.3) is 0 Å². The highest BCUT2D eigenvalue weighted by atomic mass is 16.4. The molecule has 1 atom stereocenters. The molecule has 4 N–H and O–H groups in total. The van der Waals surface area contributed by atoms with Gasteiger partial charge in [-0.3, -0.25) is 4.79 Å². The van der Waals surface area contributed by atoms with Crippen molar-refractivity contribution in [2.24, 2.45) is 5.73 Å². The molecule has 1 unspecified atom stereocenters. The third-order valence-electron chi connectivity index (χ3n) is 1.71. The lowest BCUT2D eigenvalue weighted by atomic mass is 10.2. The third kappa shape index (κ3) is 6.12. The minimum Gasteiger partial charge on any atom is -0.480 e. The fourth-order valence-corrected chi connectivity index (χ4v) is 0.800. The molecule has 1 fully saturated rings. The number of carboxylic acid groups (broad SMARTS) is 1. The predicted molar refractivity (Wildman–Crippen MR) is 48.0 cm³/mol. The zero-order chi connectivity index (χ0) is 9.40. The van der Waals surface area contributed by atoms with Gasteiger partial charge in [-0.25, -0.2) is 0 Å². The monoisotopic (exact) mass is 174 g/mol. The topological polar surface area (TPSA) is 75.3 Å². The van der Waals surface area contributed by atoms with Crippen LogP contribution >= 0.6 is 0 Å². The number of carbonyl (C=O) groups is 1. The summed E-state index contributed by atoms with van der Waals surface area (Å²) in [5, 5.41) is 11.3. The Hall–Kier alpha value is -0.610. The molecular weight excluding hydrogens is 156 g/mol. The van der Waals surface area contributed by atoms with Gasteiger partial charge in [-0.15, -0.1) is 0 Å². The van der Waals surface area contributed by atoms with Crippen LogP contribution in [-0.4, -0.2) is 30.2 Å². The maximum Gasteiger partial charge on any atom is 0.320 e. The van der Waals surface area contributed by atoms with Gasteiger partial charge in [-0.2, -0.15) is 0 Å². The molecule has 0 bridgehead atoms. The lowest BCUT2D eigenvalue weighted by Gasteiger charge is -1.97. The van der Waals surface area contributed by atoms with Gasteiger partial charge in [0.25, 0.3) is 0 Å². The summed E-state index contributed by atoms with van der Waals surface area (Å²) in [7, 11) is 0. The van der Waals surface area contributed by atoms with Crippen molar-refractivity contribution in [2.75, 3.05) is 13.1 Å². The fraction of sp³-hybridized carbons (Fsp3) is 0.875. The Bertz CT molecular complexity index is 117. The smallest absolute Gasteiger partial charge is 0.320 e. The van der Waals surface area contributed by atoms with Gasteiger partial charge in [-0.05, 0) is 32.4 Å². The van der Waals surface area contributed by atoms with E-state index in [1.54, 1.807) is 6.92 Å². The highest BCUT2D eigenvalue weighted by Gasteiger charge is 2.05. The Morgan fingerprint density at radius 3 is 2.17 bits per heavy atom. The molecule has 1 saturated heterocycles. The molecule has 4 nitrogen and oxygen atoms in total. The summed E-state index contributed by atoms with van der Waals surface area (Å²) in [5.41, 5.74) is 5.02. The van der Waals surface area contributed by atoms with Gasteiger partial charge >= 0.3 is 5.97 Å². The Kier molecular flexibility index (Phi) is 6.70. The molecule has 1 rings (SSSR count). The number of rotatable bonds is 2. The molecule has 1 heterocycles. The van der Waals surface area contributed by atoms with Crippen LogP contribution in [0.5, 0.6) is 0 Å². The van der Waals surface area contributed by atoms with Gasteiger partial charge in [-0.1, -0.05) is 6.92 Å². The Balaban J connectivity index is 0.000000211. The number of nitrogens with one attached hydrogen (secondary N) is 1. The Morgan fingerprint density at radius 1 is 1.58 bits per heavy atom. The summed E-state index contributed by atoms with van der Waals surface area (Å²) in [5.74, 6) is -0.928. The van der Waals surface area contributed by atoms with Crippen LogP contribution in [0.4, 0.5) is 0 Å². The molecule has 12 heavy (non-hydrogen) atoms. The zero-order valence-electron chi connectivity index (χ0n) is 7.55. The van der Waals surface area contributed by atoms with E-state index in [2.05, 4.69) is 5.32 Å². The highest BCUT2D eigenvalue weighted by Crippen LogP contribution is 1.90. The molecule has 0 amide bonds. The molecule has 0 saturated carbocycles. The van der Waals surface area contributed by atoms with E-state index in [4.69, 9.17) is 10.8 Å². The average molecular weight is 174 g/mol. The van der Waals surface area contributed by atoms with Crippen molar-refractivity contribution in [1.29, 1.82) is 0 Å². The van der Waals surface area contributed by atoms with Gasteiger partial charge in [0.15, 0.2) is 0 Å². The summed E-state index contributed by atoms with van der Waals surface area (Å²) in [6.07, 6.45) is 3.27. The van der Waals surface area contributed by atoms with Crippen molar-refractivity contribution < 1.29 is 9.90 Å². The number of carboxylic acids is 1. The molecule has 72 valence electrons. The maximum absolute atomic E-state index is 9.81. The summed E-state index contributed by atoms with van der Waals surface area (Å²) < 4.78 is 0. The number of aliphatic carboxylic acids is 1. The van der Waals surface area contributed by atoms with Gasteiger partial charge in [0.2, 0.25) is 0 Å². The fourth-order valence-electron chi connectivity index (χ4n) is 0.800. The largest absolute Gasteiger partial charge is 0.480 e. The van der Waals surface area contributed by atoms with Crippen molar-refractivity contribution in [3.05, 3.63) is 0 Å². The summed E-state index contributed by atoms with van der Waals surface area (Å²) in [6.45, 7) is 4.23. The van der Waals surface area contributed by atoms with Crippen LogP contribution < -0.4 is 11.1 Å². The minimum atomic E-state index is -0.928. The first-order valence-corrected chi connectivity index (χ1v) is 4.37. The zero-order valence-corrected chi connectivity index (χ0v) is 7.55. The van der Waals surface area contributed by atoms with Crippen molar-refractivity contribution in [3.8, 4) is 0 Å². The highest BCUT2D eigenvalue weighted by molar-refractivity contribution is 5.72. The number of hydrogen-bond acceptors (Lipinski definition) is 3. The predicted octanol–water partition coefficient (Wildman–Crippen LogP) is 0.178. The molecule has 1 aliphatic rings. The normalized spacial score (nSPS) is 17.8. The molecular formula is C8H18N2O2. The van der Waals surface area contributed by atoms with E-state index < -0.39 is 12.0 Å². The second-order valence-corrected chi connectivity index (χ2v) is 2.81. The quantitative estimate of drug-likeness (QED) is 0.558. The molecule has 0 aliphatic carbocycles. The summed E-state index contributed by atoms with van der Waals surface area (Å²) in [6, 6.07) is -0.681. The second kappa shape index (κ2) is 7.06.